The lowest BCUT2D eigenvalue weighted by Gasteiger charge is -2.24. The van der Waals surface area contributed by atoms with E-state index in [2.05, 4.69) is 5.32 Å². The Morgan fingerprint density at radius 3 is 2.23 bits per heavy atom. The molecule has 0 spiro atoms. The minimum Gasteiger partial charge on any atom is -0.497 e. The molecule has 0 saturated heterocycles. The van der Waals surface area contributed by atoms with Crippen LogP contribution in [-0.2, 0) is 14.8 Å². The number of hydrogen-bond acceptors (Lipinski definition) is 5. The number of ether oxygens (including phenoxy) is 1. The van der Waals surface area contributed by atoms with Crippen LogP contribution in [0.15, 0.2) is 77.7 Å². The van der Waals surface area contributed by atoms with Gasteiger partial charge in [0, 0.05) is 18.2 Å². The quantitative estimate of drug-likeness (QED) is 0.246. The van der Waals surface area contributed by atoms with Crippen LogP contribution in [0.3, 0.4) is 0 Å². The van der Waals surface area contributed by atoms with Gasteiger partial charge in [0.2, 0.25) is 15.9 Å². The molecule has 0 radical (unpaired) electrons. The molecule has 9 heteroatoms. The monoisotopic (exact) mass is 560 g/mol. The number of sulfonamides is 1. The molecule has 40 heavy (non-hydrogen) atoms. The topological polar surface area (TPSA) is 93.5 Å². The normalized spacial score (nSPS) is 11.6. The van der Waals surface area contributed by atoms with Crippen LogP contribution in [0.4, 0.5) is 5.82 Å². The Morgan fingerprint density at radius 2 is 1.62 bits per heavy atom. The third-order valence-corrected chi connectivity index (χ3v) is 8.80. The molecule has 1 heterocycles. The molecule has 0 atom stereocenters. The summed E-state index contributed by atoms with van der Waals surface area (Å²) >= 11 is 0. The van der Waals surface area contributed by atoms with Crippen molar-refractivity contribution in [2.45, 2.75) is 45.4 Å². The van der Waals surface area contributed by atoms with Crippen LogP contribution in [-0.4, -0.2) is 48.6 Å². The molecule has 1 amide bonds. The minimum atomic E-state index is -3.91. The Bertz CT molecular complexity index is 1560. The summed E-state index contributed by atoms with van der Waals surface area (Å²) < 4.78 is 35.9. The van der Waals surface area contributed by atoms with Crippen molar-refractivity contribution in [2.75, 3.05) is 25.5 Å². The molecule has 0 aliphatic heterocycles. The Kier molecular flexibility index (Phi) is 9.07. The fraction of sp³-hybridized carbons (Fsp3) is 0.290. The zero-order valence-electron chi connectivity index (χ0n) is 23.6. The van der Waals surface area contributed by atoms with Crippen molar-refractivity contribution in [2.24, 2.45) is 0 Å². The van der Waals surface area contributed by atoms with E-state index in [9.17, 15) is 13.2 Å². The van der Waals surface area contributed by atoms with Gasteiger partial charge in [-0.2, -0.15) is 9.40 Å². The molecule has 4 rings (SSSR count). The molecular formula is C31H36N4O4S. The number of benzene rings is 3. The molecule has 8 nitrogen and oxygen atoms in total. The lowest BCUT2D eigenvalue weighted by molar-refractivity contribution is -0.116. The number of carbonyl (C=O) groups excluding carboxylic acids is 1. The Hall–Kier alpha value is -3.95. The second-order valence-electron chi connectivity index (χ2n) is 9.86. The van der Waals surface area contributed by atoms with Crippen LogP contribution in [0, 0.1) is 20.8 Å². The molecule has 4 aromatic rings. The number of nitrogens with one attached hydrogen (secondary N) is 1. The molecule has 0 fully saturated rings. The highest BCUT2D eigenvalue weighted by molar-refractivity contribution is 7.89. The average Bonchev–Trinajstić information content (AvgIpc) is 3.34. The maximum atomic E-state index is 13.8. The van der Waals surface area contributed by atoms with Crippen LogP contribution in [0.5, 0.6) is 5.75 Å². The maximum absolute atomic E-state index is 13.8. The maximum Gasteiger partial charge on any atom is 0.244 e. The van der Waals surface area contributed by atoms with Crippen LogP contribution < -0.4 is 10.1 Å². The minimum absolute atomic E-state index is 0.242. The predicted octanol–water partition coefficient (Wildman–Crippen LogP) is 5.90. The zero-order chi connectivity index (χ0) is 28.9. The van der Waals surface area contributed by atoms with Gasteiger partial charge in [0.15, 0.2) is 0 Å². The van der Waals surface area contributed by atoms with Crippen LogP contribution in [0.1, 0.15) is 36.5 Å². The van der Waals surface area contributed by atoms with Crippen molar-refractivity contribution < 1.29 is 17.9 Å². The van der Waals surface area contributed by atoms with Gasteiger partial charge in [0.1, 0.15) is 11.6 Å². The van der Waals surface area contributed by atoms with E-state index in [-0.39, 0.29) is 18.0 Å². The molecule has 3 aromatic carbocycles. The van der Waals surface area contributed by atoms with Gasteiger partial charge in [-0.1, -0.05) is 61.4 Å². The summed E-state index contributed by atoms with van der Waals surface area (Å²) in [6, 6.07) is 22.5. The molecule has 1 N–H and O–H groups in total. The molecule has 210 valence electrons. The van der Waals surface area contributed by atoms with E-state index in [0.717, 1.165) is 23.2 Å². The van der Waals surface area contributed by atoms with Gasteiger partial charge in [-0.25, -0.2) is 13.1 Å². The summed E-state index contributed by atoms with van der Waals surface area (Å²) in [7, 11) is -2.31. The van der Waals surface area contributed by atoms with E-state index >= 15 is 0 Å². The average molecular weight is 561 g/mol. The van der Waals surface area contributed by atoms with Crippen LogP contribution in [0.25, 0.3) is 16.9 Å². The van der Waals surface area contributed by atoms with Crippen molar-refractivity contribution >= 4 is 21.7 Å². The van der Waals surface area contributed by atoms with Crippen molar-refractivity contribution in [1.82, 2.24) is 14.1 Å². The number of amides is 1. The molecule has 0 aliphatic rings. The highest BCUT2D eigenvalue weighted by Gasteiger charge is 2.29. The number of carbonyl (C=O) groups is 1. The standard InChI is InChI=1S/C31H36N4O4S/c1-6-7-17-34(40(37,38)31-23(3)18-22(2)19-24(31)4)21-30(36)32-29-20-28(25-11-9-8-10-12-25)33-35(29)26-13-15-27(39-5)16-14-26/h8-16,18-20H,6-7,17,21H2,1-5H3,(H,32,36). The fourth-order valence-electron chi connectivity index (χ4n) is 4.80. The molecule has 1 aromatic heterocycles. The van der Waals surface area contributed by atoms with Crippen molar-refractivity contribution in [3.63, 3.8) is 0 Å². The number of methoxy groups -OCH3 is 1. The van der Waals surface area contributed by atoms with E-state index in [4.69, 9.17) is 9.84 Å². The lowest BCUT2D eigenvalue weighted by atomic mass is 10.1. The van der Waals surface area contributed by atoms with Gasteiger partial charge >= 0.3 is 0 Å². The molecule has 0 unspecified atom stereocenters. The van der Waals surface area contributed by atoms with Gasteiger partial charge in [-0.05, 0) is 62.6 Å². The molecule has 0 saturated carbocycles. The van der Waals surface area contributed by atoms with Gasteiger partial charge in [-0.15, -0.1) is 0 Å². The number of anilines is 1. The SMILES string of the molecule is CCCCN(CC(=O)Nc1cc(-c2ccccc2)nn1-c1ccc(OC)cc1)S(=O)(=O)c1c(C)cc(C)cc1C. The Labute approximate surface area is 236 Å². The summed E-state index contributed by atoms with van der Waals surface area (Å²) in [5.74, 6) is 0.684. The molecule has 0 bridgehead atoms. The first kappa shape index (κ1) is 29.0. The molecular weight excluding hydrogens is 524 g/mol. The largest absolute Gasteiger partial charge is 0.497 e. The van der Waals surface area contributed by atoms with Crippen molar-refractivity contribution in [3.05, 3.63) is 89.5 Å². The summed E-state index contributed by atoms with van der Waals surface area (Å²) in [4.78, 5) is 13.7. The lowest BCUT2D eigenvalue weighted by Crippen LogP contribution is -2.39. The number of aromatic nitrogens is 2. The number of aryl methyl sites for hydroxylation is 3. The van der Waals surface area contributed by atoms with Crippen LogP contribution in [0.2, 0.25) is 0 Å². The summed E-state index contributed by atoms with van der Waals surface area (Å²) in [6.07, 6.45) is 1.43. The second-order valence-corrected chi connectivity index (χ2v) is 11.7. The van der Waals surface area contributed by atoms with Gasteiger partial charge in [-0.3, -0.25) is 4.79 Å². The predicted molar refractivity (Wildman–Crippen MR) is 159 cm³/mol. The van der Waals surface area contributed by atoms with Gasteiger partial charge < -0.3 is 10.1 Å². The molecule has 0 aliphatic carbocycles. The van der Waals surface area contributed by atoms with E-state index < -0.39 is 15.9 Å². The third kappa shape index (κ3) is 6.43. The smallest absolute Gasteiger partial charge is 0.244 e. The summed E-state index contributed by atoms with van der Waals surface area (Å²) in [5, 5.41) is 7.67. The highest BCUT2D eigenvalue weighted by Crippen LogP contribution is 2.28. The summed E-state index contributed by atoms with van der Waals surface area (Å²) in [6.45, 7) is 7.45. The van der Waals surface area contributed by atoms with E-state index in [1.165, 1.54) is 4.31 Å². The third-order valence-electron chi connectivity index (χ3n) is 6.65. The highest BCUT2D eigenvalue weighted by atomic mass is 32.2. The van der Waals surface area contributed by atoms with Crippen molar-refractivity contribution in [1.29, 1.82) is 0 Å². The Balaban J connectivity index is 1.67. The van der Waals surface area contributed by atoms with E-state index in [1.807, 2.05) is 80.6 Å². The second kappa shape index (κ2) is 12.5. The number of rotatable bonds is 11. The van der Waals surface area contributed by atoms with Crippen molar-refractivity contribution in [3.8, 4) is 22.7 Å². The number of hydrogen-bond donors (Lipinski definition) is 1. The number of unbranched alkanes of at least 4 members (excludes halogenated alkanes) is 1. The van der Waals surface area contributed by atoms with Gasteiger partial charge in [0.05, 0.1) is 29.9 Å². The van der Waals surface area contributed by atoms with E-state index in [0.29, 0.717) is 34.8 Å². The van der Waals surface area contributed by atoms with Gasteiger partial charge in [0.25, 0.3) is 0 Å². The number of nitrogens with zero attached hydrogens (tertiary/aromatic N) is 3. The van der Waals surface area contributed by atoms with Crippen LogP contribution >= 0.6 is 0 Å². The first-order valence-corrected chi connectivity index (χ1v) is 14.8. The zero-order valence-corrected chi connectivity index (χ0v) is 24.5. The Morgan fingerprint density at radius 1 is 0.975 bits per heavy atom. The van der Waals surface area contributed by atoms with E-state index in [1.54, 1.807) is 31.7 Å². The first-order chi connectivity index (χ1) is 19.1. The fourth-order valence-corrected chi connectivity index (χ4v) is 6.65. The summed E-state index contributed by atoms with van der Waals surface area (Å²) in [5.41, 5.74) is 4.62. The first-order valence-electron chi connectivity index (χ1n) is 13.3.